The van der Waals surface area contributed by atoms with Crippen molar-refractivity contribution in [3.63, 3.8) is 0 Å². The van der Waals surface area contributed by atoms with Gasteiger partial charge in [-0.25, -0.2) is 8.42 Å². The number of benzene rings is 1. The summed E-state index contributed by atoms with van der Waals surface area (Å²) in [6.45, 7) is 5.99. The SMILES string of the molecule is C[Si](C)(C)C#CS(=O)(=O)c1ccc(Cl)cc1. The van der Waals surface area contributed by atoms with Crippen LogP contribution in [-0.4, -0.2) is 16.5 Å². The number of sulfone groups is 1. The molecular formula is C11H13ClO2SSi. The van der Waals surface area contributed by atoms with Crippen LogP contribution >= 0.6 is 11.6 Å². The first kappa shape index (κ1) is 13.3. The summed E-state index contributed by atoms with van der Waals surface area (Å²) in [5.41, 5.74) is 2.84. The van der Waals surface area contributed by atoms with E-state index in [2.05, 4.69) is 10.8 Å². The fourth-order valence-electron chi connectivity index (χ4n) is 0.893. The van der Waals surface area contributed by atoms with E-state index in [4.69, 9.17) is 11.6 Å². The molecule has 2 nitrogen and oxygen atoms in total. The smallest absolute Gasteiger partial charge is 0.210 e. The zero-order valence-electron chi connectivity index (χ0n) is 9.41. The van der Waals surface area contributed by atoms with E-state index >= 15 is 0 Å². The third-order valence-corrected chi connectivity index (χ3v) is 4.26. The molecule has 86 valence electrons. The van der Waals surface area contributed by atoms with E-state index in [0.717, 1.165) is 0 Å². The predicted octanol–water partition coefficient (Wildman–Crippen LogP) is 2.95. The largest absolute Gasteiger partial charge is 0.244 e. The molecule has 0 fully saturated rings. The van der Waals surface area contributed by atoms with Gasteiger partial charge in [0.2, 0.25) is 9.84 Å². The lowest BCUT2D eigenvalue weighted by atomic mass is 10.4. The molecule has 1 rings (SSSR count). The summed E-state index contributed by atoms with van der Waals surface area (Å²) in [5.74, 6) is 0. The molecule has 0 bridgehead atoms. The van der Waals surface area contributed by atoms with Crippen LogP contribution in [0.5, 0.6) is 0 Å². The number of hydrogen-bond donors (Lipinski definition) is 0. The van der Waals surface area contributed by atoms with Crippen molar-refractivity contribution in [1.82, 2.24) is 0 Å². The average Bonchev–Trinajstić information content (AvgIpc) is 2.15. The van der Waals surface area contributed by atoms with Gasteiger partial charge in [-0.15, -0.1) is 5.54 Å². The average molecular weight is 273 g/mol. The van der Waals surface area contributed by atoms with E-state index in [1.807, 2.05) is 19.6 Å². The minimum atomic E-state index is -3.50. The molecule has 5 heteroatoms. The minimum Gasteiger partial charge on any atom is -0.210 e. The van der Waals surface area contributed by atoms with Gasteiger partial charge in [0.25, 0.3) is 0 Å². The van der Waals surface area contributed by atoms with Crippen molar-refractivity contribution in [3.05, 3.63) is 29.3 Å². The van der Waals surface area contributed by atoms with Crippen LogP contribution in [0.4, 0.5) is 0 Å². The molecule has 1 aromatic rings. The maximum atomic E-state index is 11.8. The van der Waals surface area contributed by atoms with Crippen LogP contribution in [0, 0.1) is 10.8 Å². The Morgan fingerprint density at radius 3 is 2.06 bits per heavy atom. The second-order valence-electron chi connectivity index (χ2n) is 4.43. The van der Waals surface area contributed by atoms with Crippen LogP contribution < -0.4 is 0 Å². The second kappa shape index (κ2) is 4.62. The standard InChI is InChI=1S/C11H13ClO2SSi/c1-16(2,3)9-8-15(13,14)11-6-4-10(12)5-7-11/h4-7H,1-3H3. The first-order valence-corrected chi connectivity index (χ1v) is 10.1. The zero-order chi connectivity index (χ0) is 12.4. The van der Waals surface area contributed by atoms with Gasteiger partial charge in [-0.3, -0.25) is 0 Å². The summed E-state index contributed by atoms with van der Waals surface area (Å²) >= 11 is 5.69. The molecule has 0 aliphatic carbocycles. The summed E-state index contributed by atoms with van der Waals surface area (Å²) < 4.78 is 23.6. The Balaban J connectivity index is 3.12. The van der Waals surface area contributed by atoms with Crippen molar-refractivity contribution < 1.29 is 8.42 Å². The molecule has 0 unspecified atom stereocenters. The van der Waals surface area contributed by atoms with Gasteiger partial charge < -0.3 is 0 Å². The quantitative estimate of drug-likeness (QED) is 0.582. The van der Waals surface area contributed by atoms with Gasteiger partial charge in [0.1, 0.15) is 8.07 Å². The molecule has 0 radical (unpaired) electrons. The Bertz CT molecular complexity index is 530. The lowest BCUT2D eigenvalue weighted by Crippen LogP contribution is -2.17. The Morgan fingerprint density at radius 1 is 1.12 bits per heavy atom. The summed E-state index contributed by atoms with van der Waals surface area (Å²) in [7, 11) is -5.17. The summed E-state index contributed by atoms with van der Waals surface area (Å²) in [6.07, 6.45) is 0. The first-order valence-electron chi connectivity index (χ1n) is 4.75. The predicted molar refractivity (Wildman–Crippen MR) is 69.8 cm³/mol. The zero-order valence-corrected chi connectivity index (χ0v) is 12.0. The van der Waals surface area contributed by atoms with E-state index in [-0.39, 0.29) is 4.90 Å². The van der Waals surface area contributed by atoms with E-state index in [1.54, 1.807) is 12.1 Å². The normalized spacial score (nSPS) is 11.8. The van der Waals surface area contributed by atoms with Gasteiger partial charge in [-0.05, 0) is 24.3 Å². The van der Waals surface area contributed by atoms with Gasteiger partial charge in [0.15, 0.2) is 0 Å². The Labute approximate surface area is 103 Å². The molecule has 0 atom stereocenters. The highest BCUT2D eigenvalue weighted by Gasteiger charge is 2.13. The van der Waals surface area contributed by atoms with E-state index < -0.39 is 17.9 Å². The molecule has 0 amide bonds. The molecule has 0 N–H and O–H groups in total. The molecule has 0 aliphatic rings. The molecule has 0 heterocycles. The van der Waals surface area contributed by atoms with Crippen LogP contribution in [-0.2, 0) is 9.84 Å². The first-order chi connectivity index (χ1) is 7.21. The third-order valence-electron chi connectivity index (χ3n) is 1.68. The van der Waals surface area contributed by atoms with Gasteiger partial charge in [-0.1, -0.05) is 31.2 Å². The van der Waals surface area contributed by atoms with E-state index in [0.29, 0.717) is 5.02 Å². The van der Waals surface area contributed by atoms with E-state index in [9.17, 15) is 8.42 Å². The van der Waals surface area contributed by atoms with Crippen LogP contribution in [0.25, 0.3) is 0 Å². The van der Waals surface area contributed by atoms with Crippen LogP contribution in [0.1, 0.15) is 0 Å². The fourth-order valence-corrected chi connectivity index (χ4v) is 3.39. The summed E-state index contributed by atoms with van der Waals surface area (Å²) in [4.78, 5) is 0.197. The Morgan fingerprint density at radius 2 is 1.62 bits per heavy atom. The minimum absolute atomic E-state index is 0.197. The number of rotatable bonds is 1. The Kier molecular flexibility index (Phi) is 3.84. The maximum absolute atomic E-state index is 11.8. The molecule has 0 saturated carbocycles. The lowest BCUT2D eigenvalue weighted by molar-refractivity contribution is 0.606. The van der Waals surface area contributed by atoms with Crippen molar-refractivity contribution in [2.75, 3.05) is 0 Å². The Hall–Kier alpha value is -0.763. The maximum Gasteiger partial charge on any atom is 0.244 e. The van der Waals surface area contributed by atoms with Crippen molar-refractivity contribution in [2.24, 2.45) is 0 Å². The molecule has 0 aromatic heterocycles. The molecule has 0 saturated heterocycles. The van der Waals surface area contributed by atoms with Crippen molar-refractivity contribution in [2.45, 2.75) is 24.5 Å². The molecule has 0 aliphatic heterocycles. The van der Waals surface area contributed by atoms with Crippen LogP contribution in [0.3, 0.4) is 0 Å². The lowest BCUT2D eigenvalue weighted by Gasteiger charge is -2.03. The number of halogens is 1. The van der Waals surface area contributed by atoms with Crippen molar-refractivity contribution in [1.29, 1.82) is 0 Å². The highest BCUT2D eigenvalue weighted by Crippen LogP contribution is 2.14. The van der Waals surface area contributed by atoms with Crippen LogP contribution in [0.15, 0.2) is 29.2 Å². The second-order valence-corrected chi connectivity index (χ2v) is 11.3. The van der Waals surface area contributed by atoms with Gasteiger partial charge in [-0.2, -0.15) is 0 Å². The molecule has 1 aromatic carbocycles. The van der Waals surface area contributed by atoms with E-state index in [1.165, 1.54) is 12.1 Å². The van der Waals surface area contributed by atoms with Gasteiger partial charge >= 0.3 is 0 Å². The van der Waals surface area contributed by atoms with Crippen molar-refractivity contribution >= 4 is 29.5 Å². The summed E-state index contributed by atoms with van der Waals surface area (Å²) in [5, 5.41) is 2.89. The van der Waals surface area contributed by atoms with Gasteiger partial charge in [0, 0.05) is 10.3 Å². The topological polar surface area (TPSA) is 34.1 Å². The van der Waals surface area contributed by atoms with Crippen LogP contribution in [0.2, 0.25) is 24.7 Å². The number of hydrogen-bond acceptors (Lipinski definition) is 2. The molecule has 0 spiro atoms. The highest BCUT2D eigenvalue weighted by atomic mass is 35.5. The molecular weight excluding hydrogens is 260 g/mol. The summed E-state index contributed by atoms with van der Waals surface area (Å²) in [6, 6.07) is 6.03. The van der Waals surface area contributed by atoms with Gasteiger partial charge in [0.05, 0.1) is 4.90 Å². The highest BCUT2D eigenvalue weighted by molar-refractivity contribution is 7.96. The van der Waals surface area contributed by atoms with Crippen molar-refractivity contribution in [3.8, 4) is 10.8 Å². The fraction of sp³-hybridized carbons (Fsp3) is 0.273. The third kappa shape index (κ3) is 4.01. The monoisotopic (exact) mass is 272 g/mol. The molecule has 16 heavy (non-hydrogen) atoms.